The van der Waals surface area contributed by atoms with Gasteiger partial charge in [-0.25, -0.2) is 0 Å². The van der Waals surface area contributed by atoms with Gasteiger partial charge in [-0.15, -0.1) is 0 Å². The van der Waals surface area contributed by atoms with E-state index in [0.717, 1.165) is 14.7 Å². The molecule has 1 heterocycles. The van der Waals surface area contributed by atoms with Crippen molar-refractivity contribution >= 4 is 62.9 Å². The lowest BCUT2D eigenvalue weighted by molar-refractivity contribution is -0.142. The monoisotopic (exact) mass is 674 g/mol. The van der Waals surface area contributed by atoms with Crippen LogP contribution in [0.3, 0.4) is 0 Å². The first-order valence-electron chi connectivity index (χ1n) is 12.6. The fourth-order valence-electron chi connectivity index (χ4n) is 4.46. The van der Waals surface area contributed by atoms with Crippen LogP contribution in [0.15, 0.2) is 71.5 Å². The van der Waals surface area contributed by atoms with Crippen molar-refractivity contribution in [3.63, 3.8) is 0 Å². The van der Waals surface area contributed by atoms with Crippen molar-refractivity contribution < 1.29 is 19.5 Å². The Morgan fingerprint density at radius 3 is 2.30 bits per heavy atom. The summed E-state index contributed by atoms with van der Waals surface area (Å²) in [5.74, 6) is -2.47. The molecule has 4 N–H and O–H groups in total. The highest BCUT2D eigenvalue weighted by Gasteiger charge is 2.22. The average molecular weight is 675 g/mol. The number of aromatic amines is 1. The SMILES string of the molecule is CNC(=O)C[C@H](Cc1ccc(I)cc1)NC(=O)c1ccc2c(=O)n(CC(Cc3ccc(Cl)cc3)C(=O)O)[nH]c2c1. The summed E-state index contributed by atoms with van der Waals surface area (Å²) in [6.07, 6.45) is 0.791. The number of carboxylic acids is 1. The van der Waals surface area contributed by atoms with E-state index in [2.05, 4.69) is 38.3 Å². The molecule has 0 spiro atoms. The maximum absolute atomic E-state index is 13.2. The van der Waals surface area contributed by atoms with Crippen molar-refractivity contribution in [2.24, 2.45) is 5.92 Å². The molecule has 9 nitrogen and oxygen atoms in total. The molecule has 1 unspecified atom stereocenters. The number of carbonyl (C=O) groups excluding carboxylic acids is 2. The molecule has 2 amide bonds. The van der Waals surface area contributed by atoms with Gasteiger partial charge in [0, 0.05) is 33.7 Å². The van der Waals surface area contributed by atoms with E-state index in [1.807, 2.05) is 24.3 Å². The van der Waals surface area contributed by atoms with E-state index in [0.29, 0.717) is 27.9 Å². The molecule has 2 atom stereocenters. The van der Waals surface area contributed by atoms with Crippen LogP contribution in [0, 0.1) is 9.49 Å². The Labute approximate surface area is 249 Å². The minimum Gasteiger partial charge on any atom is -0.481 e. The molecule has 0 bridgehead atoms. The van der Waals surface area contributed by atoms with E-state index in [1.165, 1.54) is 4.68 Å². The van der Waals surface area contributed by atoms with Crippen LogP contribution in [-0.2, 0) is 29.0 Å². The number of aromatic nitrogens is 2. The Morgan fingerprint density at radius 1 is 1.00 bits per heavy atom. The largest absolute Gasteiger partial charge is 0.481 e. The molecule has 0 saturated heterocycles. The third-order valence-electron chi connectivity index (χ3n) is 6.60. The Morgan fingerprint density at radius 2 is 1.65 bits per heavy atom. The van der Waals surface area contributed by atoms with Gasteiger partial charge in [0.2, 0.25) is 5.91 Å². The van der Waals surface area contributed by atoms with Crippen molar-refractivity contribution in [1.82, 2.24) is 20.4 Å². The minimum absolute atomic E-state index is 0.0722. The van der Waals surface area contributed by atoms with Gasteiger partial charge in [-0.05, 0) is 89.0 Å². The molecule has 4 aromatic rings. The Kier molecular flexibility index (Phi) is 9.64. The van der Waals surface area contributed by atoms with Crippen LogP contribution >= 0.6 is 34.2 Å². The topological polar surface area (TPSA) is 133 Å². The second kappa shape index (κ2) is 13.1. The maximum Gasteiger partial charge on any atom is 0.308 e. The molecule has 1 aromatic heterocycles. The second-order valence-electron chi connectivity index (χ2n) is 9.53. The van der Waals surface area contributed by atoms with Gasteiger partial charge in [-0.3, -0.25) is 29.0 Å². The van der Waals surface area contributed by atoms with Crippen molar-refractivity contribution in [3.8, 4) is 0 Å². The number of benzene rings is 3. The van der Waals surface area contributed by atoms with Crippen molar-refractivity contribution in [2.75, 3.05) is 7.05 Å². The van der Waals surface area contributed by atoms with Gasteiger partial charge in [0.15, 0.2) is 0 Å². The zero-order chi connectivity index (χ0) is 28.8. The van der Waals surface area contributed by atoms with Crippen LogP contribution in [0.1, 0.15) is 27.9 Å². The van der Waals surface area contributed by atoms with Crippen LogP contribution in [0.2, 0.25) is 5.02 Å². The molecule has 0 saturated carbocycles. The first-order valence-corrected chi connectivity index (χ1v) is 14.0. The molecule has 4 rings (SSSR count). The van der Waals surface area contributed by atoms with Crippen LogP contribution in [0.5, 0.6) is 0 Å². The highest BCUT2D eigenvalue weighted by molar-refractivity contribution is 14.1. The summed E-state index contributed by atoms with van der Waals surface area (Å²) in [7, 11) is 1.55. The molecule has 3 aromatic carbocycles. The number of hydrogen-bond acceptors (Lipinski definition) is 4. The quantitative estimate of drug-likeness (QED) is 0.179. The molecule has 0 aliphatic heterocycles. The smallest absolute Gasteiger partial charge is 0.308 e. The van der Waals surface area contributed by atoms with Gasteiger partial charge < -0.3 is 15.7 Å². The molecule has 11 heteroatoms. The van der Waals surface area contributed by atoms with E-state index in [1.54, 1.807) is 49.5 Å². The molecular formula is C29H28ClIN4O5. The van der Waals surface area contributed by atoms with Crippen LogP contribution < -0.4 is 16.2 Å². The molecule has 0 fully saturated rings. The highest BCUT2D eigenvalue weighted by Crippen LogP contribution is 2.17. The number of amides is 2. The Bertz CT molecular complexity index is 1580. The minimum atomic E-state index is -1.03. The van der Waals surface area contributed by atoms with Gasteiger partial charge in [0.1, 0.15) is 0 Å². The zero-order valence-corrected chi connectivity index (χ0v) is 24.5. The standard InChI is InChI=1S/C29H28ClIN4O5/c1-32-26(36)15-23(13-18-4-9-22(31)10-5-18)33-27(37)19-6-11-24-25(14-19)34-35(28(24)38)16-20(29(39)40)12-17-2-7-21(30)8-3-17/h2-11,14,20,23,34H,12-13,15-16H2,1H3,(H,32,36)(H,33,37)(H,39,40)/t20?,23-/m0/s1. The van der Waals surface area contributed by atoms with Crippen LogP contribution in [0.4, 0.5) is 0 Å². The number of carboxylic acid groups (broad SMARTS) is 1. The lowest BCUT2D eigenvalue weighted by Gasteiger charge is -2.18. The van der Waals surface area contributed by atoms with Crippen molar-refractivity contribution in [1.29, 1.82) is 0 Å². The van der Waals surface area contributed by atoms with E-state index >= 15 is 0 Å². The van der Waals surface area contributed by atoms with Crippen molar-refractivity contribution in [2.45, 2.75) is 31.8 Å². The van der Waals surface area contributed by atoms with E-state index in [-0.39, 0.29) is 36.8 Å². The highest BCUT2D eigenvalue weighted by atomic mass is 127. The van der Waals surface area contributed by atoms with Gasteiger partial charge in [0.05, 0.1) is 23.4 Å². The van der Waals surface area contributed by atoms with E-state index in [9.17, 15) is 24.3 Å². The first-order chi connectivity index (χ1) is 19.1. The van der Waals surface area contributed by atoms with Gasteiger partial charge in [-0.2, -0.15) is 0 Å². The maximum atomic E-state index is 13.2. The zero-order valence-electron chi connectivity index (χ0n) is 21.6. The molecule has 208 valence electrons. The molecule has 0 radical (unpaired) electrons. The summed E-state index contributed by atoms with van der Waals surface area (Å²) in [6, 6.07) is 18.9. The van der Waals surface area contributed by atoms with E-state index in [4.69, 9.17) is 11.6 Å². The third-order valence-corrected chi connectivity index (χ3v) is 7.57. The number of halogens is 2. The Balaban J connectivity index is 1.52. The fourth-order valence-corrected chi connectivity index (χ4v) is 4.95. The number of nitrogens with zero attached hydrogens (tertiary/aromatic N) is 1. The predicted molar refractivity (Wildman–Crippen MR) is 162 cm³/mol. The molecule has 0 aliphatic rings. The summed E-state index contributed by atoms with van der Waals surface area (Å²) >= 11 is 8.14. The van der Waals surface area contributed by atoms with Gasteiger partial charge >= 0.3 is 5.97 Å². The third kappa shape index (κ3) is 7.51. The Hall–Kier alpha value is -3.64. The lowest BCUT2D eigenvalue weighted by Crippen LogP contribution is -2.40. The summed E-state index contributed by atoms with van der Waals surface area (Å²) in [5, 5.41) is 19.2. The predicted octanol–water partition coefficient (Wildman–Crippen LogP) is 4.01. The van der Waals surface area contributed by atoms with Crippen molar-refractivity contribution in [3.05, 3.63) is 102 Å². The summed E-state index contributed by atoms with van der Waals surface area (Å²) in [6.45, 7) is -0.0722. The summed E-state index contributed by atoms with van der Waals surface area (Å²) in [5.41, 5.74) is 2.12. The van der Waals surface area contributed by atoms with Gasteiger partial charge in [-0.1, -0.05) is 35.9 Å². The average Bonchev–Trinajstić information content (AvgIpc) is 3.24. The number of hydrogen-bond donors (Lipinski definition) is 4. The molecular weight excluding hydrogens is 647 g/mol. The normalized spacial score (nSPS) is 12.6. The van der Waals surface area contributed by atoms with Crippen LogP contribution in [-0.4, -0.2) is 45.8 Å². The lowest BCUT2D eigenvalue weighted by atomic mass is 9.99. The molecule has 40 heavy (non-hydrogen) atoms. The second-order valence-corrected chi connectivity index (χ2v) is 11.2. The van der Waals surface area contributed by atoms with E-state index < -0.39 is 17.9 Å². The number of H-pyrrole nitrogens is 1. The molecule has 0 aliphatic carbocycles. The number of fused-ring (bicyclic) bond motifs is 1. The fraction of sp³-hybridized carbons (Fsp3) is 0.241. The van der Waals surface area contributed by atoms with Gasteiger partial charge in [0.25, 0.3) is 11.5 Å². The number of nitrogens with one attached hydrogen (secondary N) is 3. The number of aliphatic carboxylic acids is 1. The number of carbonyl (C=O) groups is 3. The van der Waals surface area contributed by atoms with Crippen LogP contribution in [0.25, 0.3) is 10.9 Å². The number of rotatable bonds is 11. The first kappa shape index (κ1) is 29.3. The summed E-state index contributed by atoms with van der Waals surface area (Å²) in [4.78, 5) is 50.2. The summed E-state index contributed by atoms with van der Waals surface area (Å²) < 4.78 is 2.34.